The SMILES string of the molecule is CCCCN1C(=O)C(=O)/C(=C(/O)c2ccc(CC)cc2)C1c1cn(C)c2ccccc12. The molecule has 0 aliphatic carbocycles. The summed E-state index contributed by atoms with van der Waals surface area (Å²) in [4.78, 5) is 27.8. The van der Waals surface area contributed by atoms with E-state index in [0.717, 1.165) is 41.3 Å². The average molecular weight is 417 g/mol. The number of hydrogen-bond donors (Lipinski definition) is 1. The topological polar surface area (TPSA) is 62.5 Å². The zero-order valence-electron chi connectivity index (χ0n) is 18.3. The van der Waals surface area contributed by atoms with Gasteiger partial charge in [0.2, 0.25) is 0 Å². The van der Waals surface area contributed by atoms with Gasteiger partial charge in [-0.2, -0.15) is 0 Å². The van der Waals surface area contributed by atoms with Crippen molar-refractivity contribution < 1.29 is 14.7 Å². The molecule has 1 aliphatic rings. The number of nitrogens with zero attached hydrogens (tertiary/aromatic N) is 2. The third kappa shape index (κ3) is 3.54. The zero-order chi connectivity index (χ0) is 22.1. The number of para-hydroxylation sites is 1. The molecule has 2 aromatic carbocycles. The number of aryl methyl sites for hydroxylation is 2. The highest BCUT2D eigenvalue weighted by atomic mass is 16.3. The molecule has 1 saturated heterocycles. The van der Waals surface area contributed by atoms with E-state index in [-0.39, 0.29) is 11.3 Å². The highest BCUT2D eigenvalue weighted by molar-refractivity contribution is 6.46. The van der Waals surface area contributed by atoms with E-state index < -0.39 is 17.7 Å². The Morgan fingerprint density at radius 2 is 1.74 bits per heavy atom. The molecule has 5 heteroatoms. The fourth-order valence-electron chi connectivity index (χ4n) is 4.41. The third-order valence-corrected chi connectivity index (χ3v) is 6.15. The van der Waals surface area contributed by atoms with Crippen molar-refractivity contribution in [3.8, 4) is 0 Å². The molecule has 1 atom stereocenters. The molecule has 0 saturated carbocycles. The van der Waals surface area contributed by atoms with Gasteiger partial charge < -0.3 is 14.6 Å². The fraction of sp³-hybridized carbons (Fsp3) is 0.308. The second-order valence-electron chi connectivity index (χ2n) is 8.11. The molecule has 0 radical (unpaired) electrons. The van der Waals surface area contributed by atoms with Gasteiger partial charge in [0.25, 0.3) is 11.7 Å². The van der Waals surface area contributed by atoms with Crippen molar-refractivity contribution in [1.29, 1.82) is 0 Å². The molecule has 160 valence electrons. The summed E-state index contributed by atoms with van der Waals surface area (Å²) in [7, 11) is 1.95. The maximum atomic E-state index is 13.1. The lowest BCUT2D eigenvalue weighted by molar-refractivity contribution is -0.139. The molecule has 1 N–H and O–H groups in total. The lowest BCUT2D eigenvalue weighted by Gasteiger charge is -2.24. The molecule has 1 aliphatic heterocycles. The Hall–Kier alpha value is -3.34. The first kappa shape index (κ1) is 20.9. The van der Waals surface area contributed by atoms with Crippen LogP contribution in [0, 0.1) is 0 Å². The average Bonchev–Trinajstić information content (AvgIpc) is 3.25. The van der Waals surface area contributed by atoms with Gasteiger partial charge in [-0.25, -0.2) is 0 Å². The molecule has 31 heavy (non-hydrogen) atoms. The number of unbranched alkanes of at least 4 members (excludes halogenated alkanes) is 1. The van der Waals surface area contributed by atoms with E-state index in [1.54, 1.807) is 4.90 Å². The number of amides is 1. The van der Waals surface area contributed by atoms with E-state index in [9.17, 15) is 14.7 Å². The number of benzene rings is 2. The fourth-order valence-corrected chi connectivity index (χ4v) is 4.41. The zero-order valence-corrected chi connectivity index (χ0v) is 18.3. The molecule has 0 spiro atoms. The van der Waals surface area contributed by atoms with E-state index in [2.05, 4.69) is 13.8 Å². The van der Waals surface area contributed by atoms with Crippen molar-refractivity contribution in [3.63, 3.8) is 0 Å². The molecular formula is C26H28N2O3. The molecule has 3 aromatic rings. The summed E-state index contributed by atoms with van der Waals surface area (Å²) in [5.41, 5.74) is 3.74. The first-order chi connectivity index (χ1) is 15.0. The molecule has 2 heterocycles. The summed E-state index contributed by atoms with van der Waals surface area (Å²) in [6.45, 7) is 4.59. The minimum absolute atomic E-state index is 0.113. The van der Waals surface area contributed by atoms with Crippen LogP contribution in [-0.2, 0) is 23.1 Å². The number of aliphatic hydroxyl groups is 1. The molecular weight excluding hydrogens is 388 g/mol. The Morgan fingerprint density at radius 3 is 2.42 bits per heavy atom. The third-order valence-electron chi connectivity index (χ3n) is 6.15. The largest absolute Gasteiger partial charge is 0.507 e. The van der Waals surface area contributed by atoms with Gasteiger partial charge in [0, 0.05) is 41.8 Å². The number of likely N-dealkylation sites (tertiary alicyclic amines) is 1. The van der Waals surface area contributed by atoms with E-state index in [1.807, 2.05) is 66.3 Å². The van der Waals surface area contributed by atoms with Gasteiger partial charge in [0.05, 0.1) is 11.6 Å². The van der Waals surface area contributed by atoms with E-state index in [0.29, 0.717) is 12.1 Å². The second-order valence-corrected chi connectivity index (χ2v) is 8.11. The smallest absolute Gasteiger partial charge is 0.295 e. The lowest BCUT2D eigenvalue weighted by atomic mass is 9.94. The summed E-state index contributed by atoms with van der Waals surface area (Å²) < 4.78 is 2.00. The molecule has 1 amide bonds. The van der Waals surface area contributed by atoms with Gasteiger partial charge in [-0.3, -0.25) is 9.59 Å². The number of carbonyl (C=O) groups is 2. The van der Waals surface area contributed by atoms with E-state index >= 15 is 0 Å². The van der Waals surface area contributed by atoms with Crippen molar-refractivity contribution in [3.05, 3.63) is 77.0 Å². The summed E-state index contributed by atoms with van der Waals surface area (Å²) in [6.07, 6.45) is 4.55. The number of aliphatic hydroxyl groups excluding tert-OH is 1. The van der Waals surface area contributed by atoms with Crippen LogP contribution in [0.2, 0.25) is 0 Å². The maximum Gasteiger partial charge on any atom is 0.295 e. The first-order valence-electron chi connectivity index (χ1n) is 10.9. The van der Waals surface area contributed by atoms with Crippen molar-refractivity contribution >= 4 is 28.4 Å². The minimum Gasteiger partial charge on any atom is -0.507 e. The molecule has 1 unspecified atom stereocenters. The van der Waals surface area contributed by atoms with Gasteiger partial charge in [0.15, 0.2) is 0 Å². The lowest BCUT2D eigenvalue weighted by Crippen LogP contribution is -2.30. The molecule has 0 bridgehead atoms. The normalized spacial score (nSPS) is 18.3. The van der Waals surface area contributed by atoms with Gasteiger partial charge in [-0.15, -0.1) is 0 Å². The Morgan fingerprint density at radius 1 is 1.03 bits per heavy atom. The quantitative estimate of drug-likeness (QED) is 0.351. The summed E-state index contributed by atoms with van der Waals surface area (Å²) >= 11 is 0. The van der Waals surface area contributed by atoms with Crippen LogP contribution in [0.25, 0.3) is 16.7 Å². The summed E-state index contributed by atoms with van der Waals surface area (Å²) in [5.74, 6) is -1.28. The summed E-state index contributed by atoms with van der Waals surface area (Å²) in [5, 5.41) is 12.2. The van der Waals surface area contributed by atoms with Crippen LogP contribution in [0.1, 0.15) is 49.4 Å². The predicted octanol–water partition coefficient (Wildman–Crippen LogP) is 4.96. The van der Waals surface area contributed by atoms with Gasteiger partial charge in [0.1, 0.15) is 5.76 Å². The van der Waals surface area contributed by atoms with Gasteiger partial charge >= 0.3 is 0 Å². The second kappa shape index (κ2) is 8.42. The van der Waals surface area contributed by atoms with Crippen molar-refractivity contribution in [2.75, 3.05) is 6.54 Å². The minimum atomic E-state index is -0.619. The van der Waals surface area contributed by atoms with Crippen LogP contribution >= 0.6 is 0 Å². The van der Waals surface area contributed by atoms with Crippen LogP contribution in [0.4, 0.5) is 0 Å². The molecule has 1 aromatic heterocycles. The predicted molar refractivity (Wildman–Crippen MR) is 123 cm³/mol. The number of carbonyl (C=O) groups excluding carboxylic acids is 2. The van der Waals surface area contributed by atoms with Gasteiger partial charge in [-0.05, 0) is 24.5 Å². The number of aromatic nitrogens is 1. The molecule has 1 fully saturated rings. The van der Waals surface area contributed by atoms with E-state index in [1.165, 1.54) is 0 Å². The van der Waals surface area contributed by atoms with Gasteiger partial charge in [-0.1, -0.05) is 62.7 Å². The number of ketones is 1. The highest BCUT2D eigenvalue weighted by Crippen LogP contribution is 2.42. The Labute approximate surface area is 182 Å². The Bertz CT molecular complexity index is 1170. The molecule has 5 nitrogen and oxygen atoms in total. The van der Waals surface area contributed by atoms with Crippen molar-refractivity contribution in [1.82, 2.24) is 9.47 Å². The van der Waals surface area contributed by atoms with E-state index in [4.69, 9.17) is 0 Å². The van der Waals surface area contributed by atoms with Crippen LogP contribution in [0.3, 0.4) is 0 Å². The number of fused-ring (bicyclic) bond motifs is 1. The van der Waals surface area contributed by atoms with Crippen molar-refractivity contribution in [2.24, 2.45) is 7.05 Å². The Kier molecular flexibility index (Phi) is 5.68. The number of hydrogen-bond acceptors (Lipinski definition) is 3. The summed E-state index contributed by atoms with van der Waals surface area (Å²) in [6, 6.07) is 14.8. The highest BCUT2D eigenvalue weighted by Gasteiger charge is 2.46. The number of Topliss-reactive ketones (excluding diaryl/α,β-unsaturated/α-hetero) is 1. The molecule has 4 rings (SSSR count). The monoisotopic (exact) mass is 416 g/mol. The standard InChI is InChI=1S/C26H28N2O3/c1-4-6-15-28-23(20-16-27(3)21-10-8-7-9-19(20)21)22(25(30)26(28)31)24(29)18-13-11-17(5-2)12-14-18/h7-14,16,23,29H,4-6,15H2,1-3H3/b24-22+. The van der Waals surface area contributed by atoms with Crippen LogP contribution in [-0.4, -0.2) is 32.8 Å². The van der Waals surface area contributed by atoms with Crippen molar-refractivity contribution in [2.45, 2.75) is 39.2 Å². The number of rotatable bonds is 6. The Balaban J connectivity index is 1.92. The van der Waals surface area contributed by atoms with Crippen LogP contribution in [0.15, 0.2) is 60.3 Å². The maximum absolute atomic E-state index is 13.1. The first-order valence-corrected chi connectivity index (χ1v) is 10.9. The van der Waals surface area contributed by atoms with Crippen LogP contribution in [0.5, 0.6) is 0 Å². The van der Waals surface area contributed by atoms with Crippen LogP contribution < -0.4 is 0 Å².